The third kappa shape index (κ3) is 2.12. The largest absolute Gasteiger partial charge is 1.00 e. The zero-order valence-electron chi connectivity index (χ0n) is 15.2. The standard InChI is InChI=1S/C21H16NO5.ClH/c1-22-8-14-15(23-2)7-18-21(27-10-26-18)19(14)12-4-3-11-5-16-17(25-9-24-16)6-13(11)20(12)22;/h3-8H,9-10H2,1-2H3;1H/q+1;/p-1. The summed E-state index contributed by atoms with van der Waals surface area (Å²) in [7, 11) is 3.71. The second-order valence-electron chi connectivity index (χ2n) is 6.73. The van der Waals surface area contributed by atoms with Crippen LogP contribution in [-0.2, 0) is 7.05 Å². The number of aromatic nitrogens is 1. The van der Waals surface area contributed by atoms with E-state index in [-0.39, 0.29) is 26.0 Å². The average Bonchev–Trinajstić information content (AvgIpc) is 3.33. The molecule has 0 N–H and O–H groups in total. The second kappa shape index (κ2) is 5.94. The summed E-state index contributed by atoms with van der Waals surface area (Å²) in [6, 6.07) is 10.2. The van der Waals surface area contributed by atoms with Gasteiger partial charge in [-0.25, -0.2) is 0 Å². The number of nitrogens with zero attached hydrogens (tertiary/aromatic N) is 1. The Labute approximate surface area is 166 Å². The topological polar surface area (TPSA) is 50.0 Å². The van der Waals surface area contributed by atoms with E-state index in [1.165, 1.54) is 0 Å². The summed E-state index contributed by atoms with van der Waals surface area (Å²) in [5.74, 6) is 3.78. The van der Waals surface area contributed by atoms with Crippen LogP contribution in [0.5, 0.6) is 28.7 Å². The minimum Gasteiger partial charge on any atom is -1.00 e. The van der Waals surface area contributed by atoms with Gasteiger partial charge >= 0.3 is 0 Å². The Balaban J connectivity index is 0.00000171. The fourth-order valence-corrected chi connectivity index (χ4v) is 4.14. The third-order valence-electron chi connectivity index (χ3n) is 5.31. The lowest BCUT2D eigenvalue weighted by Gasteiger charge is -2.11. The summed E-state index contributed by atoms with van der Waals surface area (Å²) < 4.78 is 30.3. The van der Waals surface area contributed by atoms with Crippen molar-refractivity contribution in [2.45, 2.75) is 0 Å². The van der Waals surface area contributed by atoms with Crippen LogP contribution in [0, 0.1) is 0 Å². The maximum absolute atomic E-state index is 5.81. The summed E-state index contributed by atoms with van der Waals surface area (Å²) in [5.41, 5.74) is 1.09. The van der Waals surface area contributed by atoms with E-state index in [1.54, 1.807) is 7.11 Å². The lowest BCUT2D eigenvalue weighted by molar-refractivity contribution is -0.642. The van der Waals surface area contributed by atoms with Crippen LogP contribution < -0.4 is 40.7 Å². The molecule has 0 aliphatic carbocycles. The van der Waals surface area contributed by atoms with Crippen LogP contribution in [0.15, 0.2) is 36.5 Å². The number of hydrogen-bond donors (Lipinski definition) is 0. The lowest BCUT2D eigenvalue weighted by atomic mass is 9.99. The van der Waals surface area contributed by atoms with Gasteiger partial charge in [0.1, 0.15) is 12.8 Å². The molecule has 28 heavy (non-hydrogen) atoms. The maximum Gasteiger partial charge on any atom is 0.231 e. The molecule has 0 fully saturated rings. The van der Waals surface area contributed by atoms with Crippen molar-refractivity contribution >= 4 is 32.4 Å². The quantitative estimate of drug-likeness (QED) is 0.345. The van der Waals surface area contributed by atoms with Crippen LogP contribution >= 0.6 is 0 Å². The number of halogens is 1. The van der Waals surface area contributed by atoms with Gasteiger partial charge in [-0.2, -0.15) is 4.57 Å². The highest BCUT2D eigenvalue weighted by atomic mass is 35.5. The van der Waals surface area contributed by atoms with E-state index < -0.39 is 0 Å². The van der Waals surface area contributed by atoms with Crippen molar-refractivity contribution in [3.8, 4) is 28.7 Å². The Morgan fingerprint density at radius 3 is 2.43 bits per heavy atom. The van der Waals surface area contributed by atoms with E-state index in [9.17, 15) is 0 Å². The van der Waals surface area contributed by atoms with E-state index in [0.717, 1.165) is 55.4 Å². The molecule has 0 saturated carbocycles. The molecule has 142 valence electrons. The molecule has 0 saturated heterocycles. The van der Waals surface area contributed by atoms with Crippen LogP contribution in [0.3, 0.4) is 0 Å². The molecule has 1 aromatic heterocycles. The molecule has 2 aliphatic heterocycles. The lowest BCUT2D eigenvalue weighted by Crippen LogP contribution is -3.00. The molecule has 6 rings (SSSR count). The zero-order chi connectivity index (χ0) is 18.1. The highest BCUT2D eigenvalue weighted by molar-refractivity contribution is 6.17. The van der Waals surface area contributed by atoms with Gasteiger partial charge in [-0.05, 0) is 23.6 Å². The smallest absolute Gasteiger partial charge is 0.231 e. The second-order valence-corrected chi connectivity index (χ2v) is 6.73. The molecule has 0 unspecified atom stereocenters. The highest BCUT2D eigenvalue weighted by Gasteiger charge is 2.27. The summed E-state index contributed by atoms with van der Waals surface area (Å²) >= 11 is 0. The third-order valence-corrected chi connectivity index (χ3v) is 5.31. The molecule has 3 aromatic carbocycles. The van der Waals surface area contributed by atoms with Crippen LogP contribution in [0.2, 0.25) is 0 Å². The molecular formula is C21H16ClNO5. The summed E-state index contributed by atoms with van der Waals surface area (Å²) in [6.07, 6.45) is 2.07. The molecular weight excluding hydrogens is 382 g/mol. The highest BCUT2D eigenvalue weighted by Crippen LogP contribution is 2.47. The maximum atomic E-state index is 5.81. The summed E-state index contributed by atoms with van der Waals surface area (Å²) in [5, 5.41) is 5.24. The number of fused-ring (bicyclic) bond motifs is 8. The molecule has 0 amide bonds. The summed E-state index contributed by atoms with van der Waals surface area (Å²) in [4.78, 5) is 0. The van der Waals surface area contributed by atoms with Crippen LogP contribution in [-0.4, -0.2) is 20.7 Å². The van der Waals surface area contributed by atoms with Gasteiger partial charge in [-0.15, -0.1) is 0 Å². The van der Waals surface area contributed by atoms with E-state index in [1.807, 2.05) is 25.2 Å². The number of ether oxygens (including phenoxy) is 5. The molecule has 4 aromatic rings. The van der Waals surface area contributed by atoms with Crippen molar-refractivity contribution in [2.75, 3.05) is 20.7 Å². The van der Waals surface area contributed by atoms with Gasteiger partial charge in [-0.3, -0.25) is 0 Å². The fraction of sp³-hybridized carbons (Fsp3) is 0.190. The van der Waals surface area contributed by atoms with Crippen LogP contribution in [0.25, 0.3) is 32.4 Å². The van der Waals surface area contributed by atoms with Crippen molar-refractivity contribution in [3.05, 3.63) is 36.5 Å². The predicted molar refractivity (Wildman–Crippen MR) is 98.9 cm³/mol. The van der Waals surface area contributed by atoms with Crippen LogP contribution in [0.4, 0.5) is 0 Å². The van der Waals surface area contributed by atoms with Gasteiger partial charge < -0.3 is 36.1 Å². The molecule has 3 heterocycles. The monoisotopic (exact) mass is 397 g/mol. The van der Waals surface area contributed by atoms with E-state index in [2.05, 4.69) is 22.9 Å². The minimum absolute atomic E-state index is 0. The van der Waals surface area contributed by atoms with Gasteiger partial charge in [0.15, 0.2) is 29.2 Å². The Bertz CT molecular complexity index is 1290. The number of rotatable bonds is 1. The van der Waals surface area contributed by atoms with Gasteiger partial charge in [-0.1, -0.05) is 6.07 Å². The molecule has 6 nitrogen and oxygen atoms in total. The van der Waals surface area contributed by atoms with Crippen molar-refractivity contribution in [1.82, 2.24) is 0 Å². The Morgan fingerprint density at radius 1 is 0.857 bits per heavy atom. The summed E-state index contributed by atoms with van der Waals surface area (Å²) in [6.45, 7) is 0.473. The number of pyridine rings is 1. The molecule has 0 radical (unpaired) electrons. The van der Waals surface area contributed by atoms with Crippen molar-refractivity contribution in [3.63, 3.8) is 0 Å². The van der Waals surface area contributed by atoms with Gasteiger partial charge in [0.2, 0.25) is 19.1 Å². The van der Waals surface area contributed by atoms with E-state index in [0.29, 0.717) is 5.75 Å². The molecule has 0 bridgehead atoms. The normalized spacial score (nSPS) is 13.9. The van der Waals surface area contributed by atoms with Gasteiger partial charge in [0.05, 0.1) is 28.7 Å². The number of benzene rings is 3. The zero-order valence-corrected chi connectivity index (χ0v) is 16.0. The molecule has 0 atom stereocenters. The first kappa shape index (κ1) is 17.0. The molecule has 7 heteroatoms. The molecule has 2 aliphatic rings. The van der Waals surface area contributed by atoms with Gasteiger partial charge in [0.25, 0.3) is 0 Å². The molecule has 0 spiro atoms. The first-order valence-electron chi connectivity index (χ1n) is 8.69. The average molecular weight is 398 g/mol. The van der Waals surface area contributed by atoms with E-state index >= 15 is 0 Å². The van der Waals surface area contributed by atoms with Crippen LogP contribution in [0.1, 0.15) is 0 Å². The first-order valence-corrected chi connectivity index (χ1v) is 8.69. The Morgan fingerprint density at radius 2 is 1.61 bits per heavy atom. The van der Waals surface area contributed by atoms with Gasteiger partial charge in [0, 0.05) is 6.07 Å². The van der Waals surface area contributed by atoms with Crippen molar-refractivity contribution < 1.29 is 40.7 Å². The van der Waals surface area contributed by atoms with Crippen molar-refractivity contribution in [1.29, 1.82) is 0 Å². The number of hydrogen-bond acceptors (Lipinski definition) is 5. The number of methoxy groups -OCH3 is 1. The number of aryl methyl sites for hydroxylation is 1. The Kier molecular flexibility index (Phi) is 3.61. The first-order chi connectivity index (χ1) is 13.2. The van der Waals surface area contributed by atoms with Crippen molar-refractivity contribution in [2.24, 2.45) is 7.05 Å². The minimum atomic E-state index is 0. The van der Waals surface area contributed by atoms with E-state index in [4.69, 9.17) is 23.7 Å². The predicted octanol–water partition coefficient (Wildman–Crippen LogP) is 0.441. The Hall–Kier alpha value is -3.12. The SMILES string of the molecule is COc1cc2c(c3c1c[n+](C)c1c4cc5c(cc4ccc31)OCO5)OCO2.[Cl-]. The fourth-order valence-electron chi connectivity index (χ4n) is 4.14.